The zero-order chi connectivity index (χ0) is 49.3. The van der Waals surface area contributed by atoms with Crippen molar-refractivity contribution in [2.45, 2.75) is 117 Å². The van der Waals surface area contributed by atoms with E-state index < -0.39 is 41.3 Å². The van der Waals surface area contributed by atoms with Gasteiger partial charge in [-0.2, -0.15) is 0 Å². The van der Waals surface area contributed by atoms with Gasteiger partial charge >= 0.3 is 12.0 Å². The summed E-state index contributed by atoms with van der Waals surface area (Å²) in [6.45, 7) is 15.7. The average molecular weight is 967 g/mol. The molecule has 1 aromatic carbocycles. The number of cyclic esters (lactones) is 1. The highest BCUT2D eigenvalue weighted by atomic mass is 32.1. The summed E-state index contributed by atoms with van der Waals surface area (Å²) < 4.78 is 14.3. The van der Waals surface area contributed by atoms with Crippen molar-refractivity contribution < 1.29 is 33.4 Å². The summed E-state index contributed by atoms with van der Waals surface area (Å²) in [4.78, 5) is 87.6. The van der Waals surface area contributed by atoms with Crippen molar-refractivity contribution in [1.29, 1.82) is 0 Å². The third kappa shape index (κ3) is 10.4. The van der Waals surface area contributed by atoms with Gasteiger partial charge < -0.3 is 34.1 Å². The molecule has 0 unspecified atom stereocenters. The molecular formula is C51H70N10O7S. The molecule has 18 heteroatoms. The Bertz CT molecular complexity index is 2550. The molecule has 3 fully saturated rings. The molecule has 6 bridgehead atoms. The third-order valence-electron chi connectivity index (χ3n) is 14.4. The monoisotopic (exact) mass is 967 g/mol. The van der Waals surface area contributed by atoms with E-state index in [4.69, 9.17) is 19.4 Å². The summed E-state index contributed by atoms with van der Waals surface area (Å²) >= 11 is 1.41. The van der Waals surface area contributed by atoms with Crippen LogP contribution < -0.4 is 10.7 Å². The minimum absolute atomic E-state index is 0.0801. The van der Waals surface area contributed by atoms with Gasteiger partial charge in [0.05, 0.1) is 40.8 Å². The lowest BCUT2D eigenvalue weighted by Crippen LogP contribution is -2.63. The Hall–Kier alpha value is -5.43. The maximum Gasteiger partial charge on any atom is 0.324 e. The van der Waals surface area contributed by atoms with Crippen molar-refractivity contribution in [2.75, 3.05) is 67.1 Å². The maximum absolute atomic E-state index is 14.7. The largest absolute Gasteiger partial charge is 0.464 e. The predicted molar refractivity (Wildman–Crippen MR) is 265 cm³/mol. The SMILES string of the molecule is CCn1c(-c2cccnc2[C@H](C)OC)c2c3cc(ccc31)-c1csc(n1)C[C@H](NC(=O)[C@H](C(C)C)N(C)C(=O)N1CCN(C(=O)[C@H]3CCCN3C)CC1)C(=O)N1CCC[C@H](N1)C(=O)OCC(C)(C)C2. The van der Waals surface area contributed by atoms with E-state index in [0.29, 0.717) is 63.5 Å². The van der Waals surface area contributed by atoms with Crippen LogP contribution in [0.1, 0.15) is 89.6 Å². The number of hydrogen-bond acceptors (Lipinski definition) is 12. The summed E-state index contributed by atoms with van der Waals surface area (Å²) in [6.07, 6.45) is 5.04. The molecule has 0 radical (unpaired) electrons. The van der Waals surface area contributed by atoms with Crippen molar-refractivity contribution >= 4 is 52.0 Å². The summed E-state index contributed by atoms with van der Waals surface area (Å²) in [5.74, 6) is -1.55. The predicted octanol–water partition coefficient (Wildman–Crippen LogP) is 5.52. The molecule has 372 valence electrons. The second-order valence-electron chi connectivity index (χ2n) is 20.3. The number of thiazole rings is 1. The molecule has 0 saturated carbocycles. The Morgan fingerprint density at radius 2 is 1.77 bits per heavy atom. The number of ether oxygens (including phenoxy) is 2. The van der Waals surface area contributed by atoms with Crippen LogP contribution in [-0.4, -0.2) is 160 Å². The number of hydrazine groups is 1. The summed E-state index contributed by atoms with van der Waals surface area (Å²) in [7, 11) is 5.29. The van der Waals surface area contributed by atoms with Gasteiger partial charge in [-0.1, -0.05) is 33.8 Å². The standard InChI is InChI=1S/C51H70N10O7S/c1-10-60-40-18-17-33-26-35(40)36(45(60)34-14-11-19-52-43(34)32(4)67-9)28-51(5,6)30-68-49(65)37-15-12-21-61(55-37)47(63)38(27-42-53-39(33)29-69-42)54-46(62)44(31(2)3)57(8)50(66)59-24-22-58(23-25-59)48(64)41-16-13-20-56(41)7/h11,14,17-19,26,29,31-32,37-38,41,44,55H,10,12-13,15-16,20-25,27-28,30H2,1-9H3,(H,54,62)/t32-,37-,38-,41+,44-/m0/s1. The van der Waals surface area contributed by atoms with Crippen LogP contribution in [0.4, 0.5) is 4.79 Å². The molecule has 3 saturated heterocycles. The number of benzene rings is 1. The number of aromatic nitrogens is 3. The first kappa shape index (κ1) is 50.0. The van der Waals surface area contributed by atoms with Crippen molar-refractivity contribution in [1.82, 2.24) is 49.9 Å². The van der Waals surface area contributed by atoms with Gasteiger partial charge in [0.15, 0.2) is 0 Å². The number of carbonyl (C=O) groups is 5. The molecule has 4 aromatic rings. The number of nitrogens with one attached hydrogen (secondary N) is 2. The van der Waals surface area contributed by atoms with Crippen molar-refractivity contribution in [3.05, 3.63) is 58.2 Å². The Kier molecular flexibility index (Phi) is 15.1. The molecule has 0 spiro atoms. The van der Waals surface area contributed by atoms with Gasteiger partial charge in [0.25, 0.3) is 5.91 Å². The Labute approximate surface area is 409 Å². The van der Waals surface area contributed by atoms with Gasteiger partial charge in [0.2, 0.25) is 11.8 Å². The van der Waals surface area contributed by atoms with Crippen molar-refractivity contribution in [2.24, 2.45) is 11.3 Å². The van der Waals surface area contributed by atoms with E-state index in [1.54, 1.807) is 25.3 Å². The molecule has 5 atom stereocenters. The van der Waals surface area contributed by atoms with Crippen molar-refractivity contribution in [3.63, 3.8) is 0 Å². The van der Waals surface area contributed by atoms with Gasteiger partial charge in [-0.05, 0) is 95.3 Å². The van der Waals surface area contributed by atoms with Gasteiger partial charge in [-0.15, -0.1) is 11.3 Å². The van der Waals surface area contributed by atoms with Crippen LogP contribution >= 0.6 is 11.3 Å². The minimum Gasteiger partial charge on any atom is -0.464 e. The molecule has 8 rings (SSSR count). The number of urea groups is 1. The van der Waals surface area contributed by atoms with Crippen LogP contribution in [0.15, 0.2) is 41.9 Å². The van der Waals surface area contributed by atoms with Crippen LogP contribution in [0.5, 0.6) is 0 Å². The lowest BCUT2D eigenvalue weighted by molar-refractivity contribution is -0.155. The molecule has 17 nitrogen and oxygen atoms in total. The number of rotatable bonds is 9. The number of aryl methyl sites for hydroxylation is 1. The van der Waals surface area contributed by atoms with E-state index in [9.17, 15) is 24.0 Å². The van der Waals surface area contributed by atoms with Gasteiger partial charge in [-0.25, -0.2) is 15.2 Å². The van der Waals surface area contributed by atoms with E-state index in [-0.39, 0.29) is 43.0 Å². The molecule has 4 aliphatic heterocycles. The van der Waals surface area contributed by atoms with Crippen LogP contribution in [0, 0.1) is 11.3 Å². The maximum atomic E-state index is 14.7. The van der Waals surface area contributed by atoms with Crippen LogP contribution in [0.2, 0.25) is 0 Å². The summed E-state index contributed by atoms with van der Waals surface area (Å²) in [5.41, 5.74) is 9.30. The molecular weight excluding hydrogens is 897 g/mol. The zero-order valence-electron chi connectivity index (χ0n) is 41.7. The Morgan fingerprint density at radius 3 is 2.46 bits per heavy atom. The lowest BCUT2D eigenvalue weighted by atomic mass is 9.84. The summed E-state index contributed by atoms with van der Waals surface area (Å²) in [5, 5.41) is 8.16. The van der Waals surface area contributed by atoms with Gasteiger partial charge in [-0.3, -0.25) is 34.1 Å². The fraction of sp³-hybridized carbons (Fsp3) is 0.588. The molecule has 4 aliphatic rings. The normalized spacial score (nSPS) is 22.3. The number of methoxy groups -OCH3 is 1. The van der Waals surface area contributed by atoms with E-state index in [2.05, 4.69) is 65.2 Å². The number of piperazine rings is 1. The number of fused-ring (bicyclic) bond motifs is 6. The van der Waals surface area contributed by atoms with Crippen LogP contribution in [0.25, 0.3) is 33.4 Å². The highest BCUT2D eigenvalue weighted by Gasteiger charge is 2.40. The molecule has 5 amide bonds. The highest BCUT2D eigenvalue weighted by molar-refractivity contribution is 7.10. The van der Waals surface area contributed by atoms with E-state index in [0.717, 1.165) is 64.1 Å². The molecule has 2 N–H and O–H groups in total. The second-order valence-corrected chi connectivity index (χ2v) is 21.2. The number of pyridine rings is 1. The lowest BCUT2D eigenvalue weighted by Gasteiger charge is -2.40. The minimum atomic E-state index is -1.08. The third-order valence-corrected chi connectivity index (χ3v) is 15.3. The quantitative estimate of drug-likeness (QED) is 0.202. The molecule has 7 heterocycles. The van der Waals surface area contributed by atoms with Crippen LogP contribution in [0.3, 0.4) is 0 Å². The fourth-order valence-electron chi connectivity index (χ4n) is 10.6. The van der Waals surface area contributed by atoms with Crippen molar-refractivity contribution in [3.8, 4) is 22.5 Å². The Morgan fingerprint density at radius 1 is 1.03 bits per heavy atom. The van der Waals surface area contributed by atoms with E-state index >= 15 is 0 Å². The average Bonchev–Trinajstić information content (AvgIpc) is 4.08. The molecule has 69 heavy (non-hydrogen) atoms. The Balaban J connectivity index is 1.10. The smallest absolute Gasteiger partial charge is 0.324 e. The van der Waals surface area contributed by atoms with Gasteiger partial charge in [0.1, 0.15) is 18.1 Å². The number of amides is 5. The number of hydrogen-bond donors (Lipinski definition) is 2. The number of carbonyl (C=O) groups excluding carboxylic acids is 5. The highest BCUT2D eigenvalue weighted by Crippen LogP contribution is 2.42. The first-order valence-electron chi connectivity index (χ1n) is 24.6. The van der Waals surface area contributed by atoms with E-state index in [1.165, 1.54) is 21.2 Å². The summed E-state index contributed by atoms with van der Waals surface area (Å²) in [6, 6.07) is 7.21. The fourth-order valence-corrected chi connectivity index (χ4v) is 11.5. The number of nitrogens with zero attached hydrogens (tertiary/aromatic N) is 8. The number of likely N-dealkylation sites (N-methyl/N-ethyl adjacent to an activating group) is 2. The zero-order valence-corrected chi connectivity index (χ0v) is 42.6. The molecule has 0 aliphatic carbocycles. The number of esters is 1. The first-order chi connectivity index (χ1) is 33.0. The number of likely N-dealkylation sites (tertiary alicyclic amines) is 1. The first-order valence-corrected chi connectivity index (χ1v) is 25.5. The molecule has 3 aromatic heterocycles. The second kappa shape index (κ2) is 20.9. The topological polar surface area (TPSA) is 175 Å². The van der Waals surface area contributed by atoms with E-state index in [1.807, 2.05) is 44.2 Å². The van der Waals surface area contributed by atoms with Gasteiger partial charge in [0, 0.05) is 98.9 Å². The van der Waals surface area contributed by atoms with Crippen LogP contribution in [-0.2, 0) is 48.0 Å².